The zero-order chi connectivity index (χ0) is 49.1. The van der Waals surface area contributed by atoms with Gasteiger partial charge in [0, 0.05) is 5.92 Å². The summed E-state index contributed by atoms with van der Waals surface area (Å²) < 4.78 is 12.9. The molecule has 1 aliphatic rings. The van der Waals surface area contributed by atoms with Gasteiger partial charge in [0.25, 0.3) is 0 Å². The van der Waals surface area contributed by atoms with Crippen LogP contribution in [-0.4, -0.2) is 10.9 Å². The van der Waals surface area contributed by atoms with E-state index in [1.165, 1.54) is 99.8 Å². The minimum atomic E-state index is -0.118. The van der Waals surface area contributed by atoms with Crippen LogP contribution in [-0.2, 0) is 6.54 Å². The van der Waals surface area contributed by atoms with Gasteiger partial charge in [-0.2, -0.15) is 0 Å². The van der Waals surface area contributed by atoms with Crippen molar-refractivity contribution in [2.24, 2.45) is 22.6 Å². The Morgan fingerprint density at radius 1 is 0.778 bits per heavy atom. The topological polar surface area (TPSA) is 58.6 Å². The van der Waals surface area contributed by atoms with Crippen molar-refractivity contribution in [3.05, 3.63) is 132 Å². The number of allylic oxidation sites excluding steroid dienone is 8. The zero-order valence-electron chi connectivity index (χ0n) is 44.3. The quantitative estimate of drug-likeness (QED) is 0.0369. The van der Waals surface area contributed by atoms with Crippen LogP contribution < -0.4 is 5.73 Å². The first-order chi connectivity index (χ1) is 30.4. The predicted molar refractivity (Wildman–Crippen MR) is 289 cm³/mol. The Kier molecular flexibility index (Phi) is 59.1. The molecule has 0 spiro atoms. The van der Waals surface area contributed by atoms with Crippen molar-refractivity contribution in [1.29, 1.82) is 0 Å². The van der Waals surface area contributed by atoms with Gasteiger partial charge in [-0.3, -0.25) is 4.99 Å². The summed E-state index contributed by atoms with van der Waals surface area (Å²) in [5.41, 5.74) is 10.4. The maximum Gasteiger partial charge on any atom is 0.123 e. The lowest BCUT2D eigenvalue weighted by Gasteiger charge is -2.24. The summed E-state index contributed by atoms with van der Waals surface area (Å²) >= 11 is 0. The fourth-order valence-electron chi connectivity index (χ4n) is 6.25. The predicted octanol–water partition coefficient (Wildman–Crippen LogP) is 20.1. The van der Waals surface area contributed by atoms with Gasteiger partial charge in [0.1, 0.15) is 5.82 Å². The molecular formula is C59H105FN2O. The van der Waals surface area contributed by atoms with Gasteiger partial charge in [0.15, 0.2) is 0 Å². The van der Waals surface area contributed by atoms with Gasteiger partial charge in [-0.1, -0.05) is 234 Å². The molecule has 2 aromatic rings. The van der Waals surface area contributed by atoms with Gasteiger partial charge >= 0.3 is 0 Å². The fraction of sp³-hybridized carbons (Fsp3) is 0.610. The van der Waals surface area contributed by atoms with Gasteiger partial charge < -0.3 is 10.8 Å². The van der Waals surface area contributed by atoms with Gasteiger partial charge in [-0.25, -0.2) is 4.39 Å². The Bertz CT molecular complexity index is 1360. The minimum Gasteiger partial charge on any atom is -0.512 e. The molecule has 0 saturated heterocycles. The standard InChI is InChI=1S/C12H17F.C12H20O.C11H16N2.2C7H16.C6H8.2C2H6/c1-3-6-10(4-2)11-7-5-8-12(13)9-11;1-3-7-12(13)10(2)11-8-5-4-6-9-11;1-8-4-5-11(6-9(8)2)7-13-10(3)12;2*1-3-5-7-6-4-2;1-3-5-6-4-2;2*1-2/h5,7-10H,3-4,6H2,1-2H3;4-5,7,10-11,13H,3,6,8-9H2,1-2H3;4-6H,7H2,1-3H3,(H2,12,13);2*3-7H2,1-2H3;3-6H,1-2H2;2*1-2H3/b;12-7+;;;;6-5-;;. The van der Waals surface area contributed by atoms with E-state index in [1.54, 1.807) is 31.2 Å². The SMILES string of the molecule is C=C/C=C\C=C.CC.CC.CC(N)=NCc1ccc(C)c(C)c1.CC/C=C(/O)C(C)C1CC=CCC1.CCCC(CC)c1cccc(F)c1.CCCCCCC.CCCCCCC. The maximum absolute atomic E-state index is 12.9. The average molecular weight is 877 g/mol. The molecular weight excluding hydrogens is 772 g/mol. The zero-order valence-corrected chi connectivity index (χ0v) is 44.3. The van der Waals surface area contributed by atoms with Crippen LogP contribution in [0, 0.1) is 31.5 Å². The molecule has 0 radical (unpaired) electrons. The third-order valence-corrected chi connectivity index (χ3v) is 10.2. The number of amidine groups is 1. The number of hydrogen-bond donors (Lipinski definition) is 2. The average Bonchev–Trinajstić information content (AvgIpc) is 3.30. The van der Waals surface area contributed by atoms with Crippen molar-refractivity contribution in [3.8, 4) is 0 Å². The van der Waals surface area contributed by atoms with Crippen LogP contribution in [0.3, 0.4) is 0 Å². The molecule has 3 rings (SSSR count). The lowest BCUT2D eigenvalue weighted by atomic mass is 9.83. The van der Waals surface area contributed by atoms with Crippen LogP contribution >= 0.6 is 0 Å². The van der Waals surface area contributed by atoms with E-state index in [9.17, 15) is 9.50 Å². The monoisotopic (exact) mass is 877 g/mol. The summed E-state index contributed by atoms with van der Waals surface area (Å²) in [6.07, 6.45) is 35.4. The van der Waals surface area contributed by atoms with Crippen molar-refractivity contribution >= 4 is 5.84 Å². The molecule has 0 amide bonds. The van der Waals surface area contributed by atoms with E-state index < -0.39 is 0 Å². The van der Waals surface area contributed by atoms with Crippen LogP contribution in [0.4, 0.5) is 4.39 Å². The summed E-state index contributed by atoms with van der Waals surface area (Å²) in [5, 5.41) is 9.71. The molecule has 0 heterocycles. The molecule has 3 N–H and O–H groups in total. The third kappa shape index (κ3) is 46.2. The largest absolute Gasteiger partial charge is 0.512 e. The summed E-state index contributed by atoms with van der Waals surface area (Å²) in [6.45, 7) is 39.1. The molecule has 4 heteroatoms. The van der Waals surface area contributed by atoms with Crippen LogP contribution in [0.1, 0.15) is 227 Å². The number of aliphatic hydroxyl groups excluding tert-OH is 1. The summed E-state index contributed by atoms with van der Waals surface area (Å²) in [6, 6.07) is 13.3. The third-order valence-electron chi connectivity index (χ3n) is 10.2. The Morgan fingerprint density at radius 2 is 1.32 bits per heavy atom. The highest BCUT2D eigenvalue weighted by Gasteiger charge is 2.20. The highest BCUT2D eigenvalue weighted by molar-refractivity contribution is 5.77. The fourth-order valence-corrected chi connectivity index (χ4v) is 6.25. The second-order valence-electron chi connectivity index (χ2n) is 15.7. The summed E-state index contributed by atoms with van der Waals surface area (Å²) in [5.74, 6) is 2.62. The van der Waals surface area contributed by atoms with Gasteiger partial charge in [0.2, 0.25) is 0 Å². The van der Waals surface area contributed by atoms with Crippen molar-refractivity contribution in [2.45, 2.75) is 225 Å². The van der Waals surface area contributed by atoms with E-state index in [1.807, 2.05) is 52.0 Å². The van der Waals surface area contributed by atoms with Gasteiger partial charge in [-0.05, 0) is 112 Å². The molecule has 2 aromatic carbocycles. The number of aliphatic hydroxyl groups is 1. The van der Waals surface area contributed by atoms with E-state index in [0.29, 0.717) is 35.9 Å². The van der Waals surface area contributed by atoms with Crippen LogP contribution in [0.15, 0.2) is 109 Å². The Labute approximate surface area is 393 Å². The smallest absolute Gasteiger partial charge is 0.123 e. The van der Waals surface area contributed by atoms with E-state index in [0.717, 1.165) is 37.7 Å². The van der Waals surface area contributed by atoms with E-state index in [2.05, 4.69) is 118 Å². The van der Waals surface area contributed by atoms with Crippen LogP contribution in [0.5, 0.6) is 0 Å². The summed E-state index contributed by atoms with van der Waals surface area (Å²) in [7, 11) is 0. The number of benzene rings is 2. The lowest BCUT2D eigenvalue weighted by Crippen LogP contribution is -2.15. The molecule has 0 aromatic heterocycles. The van der Waals surface area contributed by atoms with Crippen molar-refractivity contribution in [1.82, 2.24) is 0 Å². The van der Waals surface area contributed by atoms with Gasteiger partial charge in [0.05, 0.1) is 18.1 Å². The minimum absolute atomic E-state index is 0.118. The first-order valence-corrected chi connectivity index (χ1v) is 25.4. The molecule has 364 valence electrons. The molecule has 3 nitrogen and oxygen atoms in total. The van der Waals surface area contributed by atoms with Crippen LogP contribution in [0.25, 0.3) is 0 Å². The van der Waals surface area contributed by atoms with Crippen molar-refractivity contribution in [2.75, 3.05) is 0 Å². The van der Waals surface area contributed by atoms with E-state index >= 15 is 0 Å². The first kappa shape index (κ1) is 68.4. The molecule has 63 heavy (non-hydrogen) atoms. The van der Waals surface area contributed by atoms with E-state index in [4.69, 9.17) is 5.73 Å². The molecule has 3 unspecified atom stereocenters. The molecule has 0 aliphatic heterocycles. The molecule has 0 saturated carbocycles. The second-order valence-corrected chi connectivity index (χ2v) is 15.7. The molecule has 3 atom stereocenters. The first-order valence-electron chi connectivity index (χ1n) is 25.4. The number of aryl methyl sites for hydroxylation is 2. The lowest BCUT2D eigenvalue weighted by molar-refractivity contribution is 0.261. The number of halogens is 1. The highest BCUT2D eigenvalue weighted by atomic mass is 19.1. The second kappa shape index (κ2) is 54.5. The maximum atomic E-state index is 12.9. The molecule has 0 bridgehead atoms. The van der Waals surface area contributed by atoms with Crippen LogP contribution in [0.2, 0.25) is 0 Å². The number of rotatable bonds is 19. The van der Waals surface area contributed by atoms with Crippen molar-refractivity contribution < 1.29 is 9.50 Å². The molecule has 1 aliphatic carbocycles. The molecule has 0 fully saturated rings. The highest BCUT2D eigenvalue weighted by Crippen LogP contribution is 2.29. The van der Waals surface area contributed by atoms with E-state index in [-0.39, 0.29) is 5.82 Å². The number of nitrogens with two attached hydrogens (primary N) is 1. The summed E-state index contributed by atoms with van der Waals surface area (Å²) in [4.78, 5) is 4.16. The normalized spacial score (nSPS) is 13.6. The van der Waals surface area contributed by atoms with Crippen molar-refractivity contribution in [3.63, 3.8) is 0 Å². The van der Waals surface area contributed by atoms with Gasteiger partial charge in [-0.15, -0.1) is 0 Å². The Hall–Kier alpha value is -3.66. The number of unbranched alkanes of at least 4 members (excludes halogenated alkanes) is 8. The number of aliphatic imine (C=N–C) groups is 1. The Morgan fingerprint density at radius 3 is 1.70 bits per heavy atom. The number of nitrogens with zero attached hydrogens (tertiary/aromatic N) is 1. The number of hydrogen-bond acceptors (Lipinski definition) is 2. The Balaban J connectivity index is -0.000000216.